The van der Waals surface area contributed by atoms with E-state index in [4.69, 9.17) is 0 Å². The molecule has 1 spiro atoms. The van der Waals surface area contributed by atoms with E-state index in [1.165, 1.54) is 0 Å². The van der Waals surface area contributed by atoms with Gasteiger partial charge in [0.2, 0.25) is 10.0 Å². The van der Waals surface area contributed by atoms with Crippen LogP contribution < -0.4 is 5.32 Å². The van der Waals surface area contributed by atoms with E-state index in [1.807, 2.05) is 26.0 Å². The highest BCUT2D eigenvalue weighted by Crippen LogP contribution is 2.40. The van der Waals surface area contributed by atoms with Gasteiger partial charge in [0.1, 0.15) is 0 Å². The molecule has 22 heavy (non-hydrogen) atoms. The molecule has 0 amide bonds. The zero-order valence-electron chi connectivity index (χ0n) is 13.3. The molecule has 124 valence electrons. The molecule has 0 saturated carbocycles. The van der Waals surface area contributed by atoms with Gasteiger partial charge in [0.05, 0.1) is 4.90 Å². The summed E-state index contributed by atoms with van der Waals surface area (Å²) >= 11 is 0. The van der Waals surface area contributed by atoms with E-state index in [1.54, 1.807) is 10.4 Å². The molecule has 1 aromatic carbocycles. The summed E-state index contributed by atoms with van der Waals surface area (Å²) in [6.07, 6.45) is 3.18. The molecular formula is C16H25ClN2O2S. The summed E-state index contributed by atoms with van der Waals surface area (Å²) in [5.74, 6) is 0. The average molecular weight is 345 g/mol. The number of sulfonamides is 1. The summed E-state index contributed by atoms with van der Waals surface area (Å²) in [5, 5.41) is 3.37. The Labute approximate surface area is 139 Å². The van der Waals surface area contributed by atoms with Crippen molar-refractivity contribution < 1.29 is 8.42 Å². The van der Waals surface area contributed by atoms with Crippen LogP contribution in [0.15, 0.2) is 23.1 Å². The highest BCUT2D eigenvalue weighted by Gasteiger charge is 2.43. The van der Waals surface area contributed by atoms with Gasteiger partial charge in [0, 0.05) is 13.1 Å². The number of hydrogen-bond donors (Lipinski definition) is 1. The lowest BCUT2D eigenvalue weighted by molar-refractivity contribution is 0.218. The fourth-order valence-corrected chi connectivity index (χ4v) is 5.45. The number of hydrogen-bond acceptors (Lipinski definition) is 3. The predicted molar refractivity (Wildman–Crippen MR) is 91.1 cm³/mol. The maximum Gasteiger partial charge on any atom is 0.243 e. The maximum absolute atomic E-state index is 12.9. The molecular weight excluding hydrogens is 320 g/mol. The van der Waals surface area contributed by atoms with Crippen LogP contribution in [0, 0.1) is 19.3 Å². The molecule has 0 aliphatic carbocycles. The fraction of sp³-hybridized carbons (Fsp3) is 0.625. The van der Waals surface area contributed by atoms with Crippen molar-refractivity contribution in [2.24, 2.45) is 5.41 Å². The topological polar surface area (TPSA) is 49.4 Å². The zero-order valence-corrected chi connectivity index (χ0v) is 14.9. The van der Waals surface area contributed by atoms with E-state index >= 15 is 0 Å². The maximum atomic E-state index is 12.9. The lowest BCUT2D eigenvalue weighted by Gasteiger charge is -2.33. The van der Waals surface area contributed by atoms with Gasteiger partial charge in [-0.1, -0.05) is 12.1 Å². The number of benzene rings is 1. The highest BCUT2D eigenvalue weighted by atomic mass is 35.5. The van der Waals surface area contributed by atoms with Crippen LogP contribution in [0.3, 0.4) is 0 Å². The molecule has 0 bridgehead atoms. The monoisotopic (exact) mass is 344 g/mol. The van der Waals surface area contributed by atoms with Crippen molar-refractivity contribution in [3.05, 3.63) is 29.3 Å². The third-order valence-corrected chi connectivity index (χ3v) is 7.02. The lowest BCUT2D eigenvalue weighted by atomic mass is 9.78. The van der Waals surface area contributed by atoms with Gasteiger partial charge in [0.15, 0.2) is 0 Å². The third-order valence-electron chi connectivity index (χ3n) is 5.03. The smallest absolute Gasteiger partial charge is 0.243 e. The summed E-state index contributed by atoms with van der Waals surface area (Å²) in [7, 11) is -3.35. The van der Waals surface area contributed by atoms with E-state index in [2.05, 4.69) is 5.32 Å². The van der Waals surface area contributed by atoms with Crippen molar-refractivity contribution in [3.8, 4) is 0 Å². The molecule has 1 N–H and O–H groups in total. The standard InChI is InChI=1S/C16H24N2O2S.ClH/c1-13-3-4-14(2)15(11-13)21(19,20)18-10-7-16(12-18)5-8-17-9-6-16;/h3-4,11,17H,5-10,12H2,1-2H3;1H. The van der Waals surface area contributed by atoms with Gasteiger partial charge in [-0.15, -0.1) is 12.4 Å². The molecule has 6 heteroatoms. The quantitative estimate of drug-likeness (QED) is 0.896. The molecule has 1 aromatic rings. The van der Waals surface area contributed by atoms with Gasteiger partial charge < -0.3 is 5.32 Å². The van der Waals surface area contributed by atoms with Crippen LogP contribution in [-0.2, 0) is 10.0 Å². The first-order valence-electron chi connectivity index (χ1n) is 7.71. The van der Waals surface area contributed by atoms with Gasteiger partial charge in [-0.05, 0) is 68.8 Å². The molecule has 0 radical (unpaired) electrons. The summed E-state index contributed by atoms with van der Waals surface area (Å²) in [6, 6.07) is 5.67. The number of rotatable bonds is 2. The molecule has 0 aromatic heterocycles. The van der Waals surface area contributed by atoms with Crippen LogP contribution in [0.5, 0.6) is 0 Å². The second-order valence-corrected chi connectivity index (χ2v) is 8.51. The van der Waals surface area contributed by atoms with Crippen LogP contribution in [0.2, 0.25) is 0 Å². The normalized spacial score (nSPS) is 21.7. The van der Waals surface area contributed by atoms with Crippen molar-refractivity contribution in [3.63, 3.8) is 0 Å². The first kappa shape index (κ1) is 17.7. The van der Waals surface area contributed by atoms with E-state index in [0.717, 1.165) is 43.5 Å². The third kappa shape index (κ3) is 3.18. The molecule has 2 heterocycles. The molecule has 0 atom stereocenters. The Morgan fingerprint density at radius 2 is 1.82 bits per heavy atom. The molecule has 3 rings (SSSR count). The molecule has 2 saturated heterocycles. The van der Waals surface area contributed by atoms with Gasteiger partial charge in [0.25, 0.3) is 0 Å². The van der Waals surface area contributed by atoms with Gasteiger partial charge in [-0.2, -0.15) is 4.31 Å². The molecule has 2 aliphatic heterocycles. The van der Waals surface area contributed by atoms with Crippen molar-refractivity contribution in [1.29, 1.82) is 0 Å². The number of nitrogens with zero attached hydrogens (tertiary/aromatic N) is 1. The average Bonchev–Trinajstić information content (AvgIpc) is 2.87. The highest BCUT2D eigenvalue weighted by molar-refractivity contribution is 7.89. The van der Waals surface area contributed by atoms with Crippen LogP contribution >= 0.6 is 12.4 Å². The van der Waals surface area contributed by atoms with Crippen LogP contribution in [0.4, 0.5) is 0 Å². The van der Waals surface area contributed by atoms with Crippen molar-refractivity contribution in [2.75, 3.05) is 26.2 Å². The van der Waals surface area contributed by atoms with Crippen molar-refractivity contribution >= 4 is 22.4 Å². The Bertz CT molecular complexity index is 640. The van der Waals surface area contributed by atoms with E-state index in [0.29, 0.717) is 18.0 Å². The number of halogens is 1. The van der Waals surface area contributed by atoms with Crippen LogP contribution in [-0.4, -0.2) is 38.9 Å². The minimum Gasteiger partial charge on any atom is -0.317 e. The minimum absolute atomic E-state index is 0. The fourth-order valence-electron chi connectivity index (χ4n) is 3.59. The Balaban J connectivity index is 0.00000176. The largest absolute Gasteiger partial charge is 0.317 e. The SMILES string of the molecule is Cc1ccc(C)c(S(=O)(=O)N2CCC3(CCNCC3)C2)c1.Cl. The van der Waals surface area contributed by atoms with Crippen LogP contribution in [0.1, 0.15) is 30.4 Å². The summed E-state index contributed by atoms with van der Waals surface area (Å²) in [4.78, 5) is 0.480. The van der Waals surface area contributed by atoms with E-state index in [-0.39, 0.29) is 17.8 Å². The molecule has 0 unspecified atom stereocenters. The van der Waals surface area contributed by atoms with E-state index < -0.39 is 10.0 Å². The molecule has 2 fully saturated rings. The second-order valence-electron chi connectivity index (χ2n) is 6.61. The van der Waals surface area contributed by atoms with E-state index in [9.17, 15) is 8.42 Å². The Kier molecular flexibility index (Phi) is 5.22. The Hall–Kier alpha value is -0.620. The summed E-state index contributed by atoms with van der Waals surface area (Å²) < 4.78 is 27.6. The Morgan fingerprint density at radius 3 is 2.50 bits per heavy atom. The van der Waals surface area contributed by atoms with Gasteiger partial charge >= 0.3 is 0 Å². The second kappa shape index (κ2) is 6.48. The van der Waals surface area contributed by atoms with Crippen LogP contribution in [0.25, 0.3) is 0 Å². The zero-order chi connectivity index (χ0) is 15.1. The molecule has 2 aliphatic rings. The molecule has 4 nitrogen and oxygen atoms in total. The lowest BCUT2D eigenvalue weighted by Crippen LogP contribution is -2.39. The van der Waals surface area contributed by atoms with Gasteiger partial charge in [-0.25, -0.2) is 8.42 Å². The first-order valence-corrected chi connectivity index (χ1v) is 9.15. The summed E-state index contributed by atoms with van der Waals surface area (Å²) in [5.41, 5.74) is 2.04. The predicted octanol–water partition coefficient (Wildman–Crippen LogP) is 2.49. The number of aryl methyl sites for hydroxylation is 2. The number of piperidine rings is 1. The summed E-state index contributed by atoms with van der Waals surface area (Å²) in [6.45, 7) is 7.19. The van der Waals surface area contributed by atoms with Gasteiger partial charge in [-0.3, -0.25) is 0 Å². The van der Waals surface area contributed by atoms with Crippen molar-refractivity contribution in [1.82, 2.24) is 9.62 Å². The first-order chi connectivity index (χ1) is 9.93. The Morgan fingerprint density at radius 1 is 1.14 bits per heavy atom. The van der Waals surface area contributed by atoms with Crippen molar-refractivity contribution in [2.45, 2.75) is 38.0 Å². The minimum atomic E-state index is -3.35. The number of nitrogens with one attached hydrogen (secondary N) is 1.